The minimum Gasteiger partial charge on any atom is -0.493 e. The van der Waals surface area contributed by atoms with E-state index in [0.29, 0.717) is 30.0 Å². The number of quaternary nitrogens is 1. The molecule has 0 unspecified atom stereocenters. The van der Waals surface area contributed by atoms with Gasteiger partial charge >= 0.3 is 0 Å². The number of likely N-dealkylation sites (tertiary alicyclic amines) is 1. The Labute approximate surface area is 131 Å². The number of hydrogen-bond donors (Lipinski definition) is 2. The van der Waals surface area contributed by atoms with Crippen LogP contribution in [-0.2, 0) is 0 Å². The molecule has 2 rings (SSSR count). The van der Waals surface area contributed by atoms with Crippen LogP contribution in [0.5, 0.6) is 11.5 Å². The number of methoxy groups -OCH3 is 1. The lowest BCUT2D eigenvalue weighted by atomic mass is 10.1. The van der Waals surface area contributed by atoms with Gasteiger partial charge in [0.15, 0.2) is 17.3 Å². The molecule has 5 nitrogen and oxygen atoms in total. The molecule has 2 N–H and O–H groups in total. The van der Waals surface area contributed by atoms with Gasteiger partial charge in [0.2, 0.25) is 0 Å². The lowest BCUT2D eigenvalue weighted by molar-refractivity contribution is -0.890. The van der Waals surface area contributed by atoms with E-state index in [4.69, 9.17) is 9.47 Å². The van der Waals surface area contributed by atoms with Crippen LogP contribution in [0.1, 0.15) is 36.5 Å². The maximum Gasteiger partial charge on any atom is 0.162 e. The molecule has 122 valence electrons. The van der Waals surface area contributed by atoms with Crippen LogP contribution >= 0.6 is 0 Å². The summed E-state index contributed by atoms with van der Waals surface area (Å²) < 4.78 is 11.0. The molecule has 5 heteroatoms. The van der Waals surface area contributed by atoms with E-state index >= 15 is 0 Å². The summed E-state index contributed by atoms with van der Waals surface area (Å²) in [6.07, 6.45) is 2.45. The Kier molecular flexibility index (Phi) is 6.21. The monoisotopic (exact) mass is 308 g/mol. The maximum absolute atomic E-state index is 11.7. The molecule has 0 bridgehead atoms. The summed E-state index contributed by atoms with van der Waals surface area (Å²) in [4.78, 5) is 13.2. The first-order valence-electron chi connectivity index (χ1n) is 7.99. The van der Waals surface area contributed by atoms with Crippen LogP contribution in [0.4, 0.5) is 0 Å². The molecule has 1 heterocycles. The largest absolute Gasteiger partial charge is 0.493 e. The van der Waals surface area contributed by atoms with Gasteiger partial charge in [0, 0.05) is 24.8 Å². The normalized spacial score (nSPS) is 16.5. The fourth-order valence-electron chi connectivity index (χ4n) is 2.82. The molecule has 1 aliphatic heterocycles. The third-order valence-electron chi connectivity index (χ3n) is 4.07. The van der Waals surface area contributed by atoms with Crippen molar-refractivity contribution in [1.29, 1.82) is 0 Å². The van der Waals surface area contributed by atoms with Crippen molar-refractivity contribution in [3.8, 4) is 11.5 Å². The van der Waals surface area contributed by atoms with Crippen LogP contribution < -0.4 is 14.4 Å². The quantitative estimate of drug-likeness (QED) is 0.694. The second-order valence-corrected chi connectivity index (χ2v) is 5.77. The second-order valence-electron chi connectivity index (χ2n) is 5.77. The lowest BCUT2D eigenvalue weighted by Crippen LogP contribution is -3.11. The molecule has 22 heavy (non-hydrogen) atoms. The molecule has 1 aromatic rings. The van der Waals surface area contributed by atoms with Crippen LogP contribution in [0.15, 0.2) is 18.2 Å². The molecule has 0 radical (unpaired) electrons. The molecular weight excluding hydrogens is 282 g/mol. The van der Waals surface area contributed by atoms with E-state index in [1.54, 1.807) is 25.3 Å². The zero-order valence-electron chi connectivity index (χ0n) is 13.4. The summed E-state index contributed by atoms with van der Waals surface area (Å²) in [6, 6.07) is 5.16. The predicted molar refractivity (Wildman–Crippen MR) is 83.9 cm³/mol. The fourth-order valence-corrected chi connectivity index (χ4v) is 2.82. The second kappa shape index (κ2) is 8.15. The molecule has 1 atom stereocenters. The molecule has 1 aliphatic rings. The summed E-state index contributed by atoms with van der Waals surface area (Å²) in [6.45, 7) is 5.05. The number of carbonyl (C=O) groups excluding carboxylic acids is 1. The Hall–Kier alpha value is -1.59. The number of carbonyl (C=O) groups is 1. The Morgan fingerprint density at radius 1 is 1.32 bits per heavy atom. The van der Waals surface area contributed by atoms with Gasteiger partial charge in [0.05, 0.1) is 20.2 Å². The van der Waals surface area contributed by atoms with E-state index in [9.17, 15) is 9.90 Å². The molecule has 0 spiro atoms. The van der Waals surface area contributed by atoms with Crippen molar-refractivity contribution in [3.63, 3.8) is 0 Å². The van der Waals surface area contributed by atoms with Crippen molar-refractivity contribution in [1.82, 2.24) is 0 Å². The highest BCUT2D eigenvalue weighted by atomic mass is 16.5. The van der Waals surface area contributed by atoms with Crippen molar-refractivity contribution in [2.45, 2.75) is 32.3 Å². The van der Waals surface area contributed by atoms with Gasteiger partial charge in [0.1, 0.15) is 19.3 Å². The van der Waals surface area contributed by atoms with Gasteiger partial charge in [-0.15, -0.1) is 0 Å². The third-order valence-corrected chi connectivity index (χ3v) is 4.07. The van der Waals surface area contributed by atoms with Gasteiger partial charge in [-0.3, -0.25) is 4.79 Å². The highest BCUT2D eigenvalue weighted by Gasteiger charge is 2.20. The summed E-state index contributed by atoms with van der Waals surface area (Å²) in [5, 5.41) is 10.1. The van der Waals surface area contributed by atoms with Gasteiger partial charge in [-0.25, -0.2) is 0 Å². The van der Waals surface area contributed by atoms with Crippen LogP contribution in [0, 0.1) is 0 Å². The van der Waals surface area contributed by atoms with Crippen molar-refractivity contribution in [3.05, 3.63) is 23.8 Å². The SMILES string of the molecule is CCC(=O)c1ccc(OC[C@@H](O)C[NH+]2CCCC2)c(OC)c1. The molecule has 0 aromatic heterocycles. The van der Waals surface area contributed by atoms with Crippen molar-refractivity contribution in [2.75, 3.05) is 33.4 Å². The number of ketones is 1. The topological polar surface area (TPSA) is 60.2 Å². The Balaban J connectivity index is 1.92. The number of aliphatic hydroxyl groups is 1. The first kappa shape index (κ1) is 16.8. The first-order chi connectivity index (χ1) is 10.6. The average Bonchev–Trinajstić information content (AvgIpc) is 3.04. The highest BCUT2D eigenvalue weighted by molar-refractivity contribution is 5.96. The molecule has 0 aliphatic carbocycles. The Morgan fingerprint density at radius 2 is 2.05 bits per heavy atom. The van der Waals surface area contributed by atoms with Gasteiger partial charge in [-0.05, 0) is 18.2 Å². The van der Waals surface area contributed by atoms with Crippen molar-refractivity contribution < 1.29 is 24.3 Å². The molecule has 1 aromatic carbocycles. The standard InChI is InChI=1S/C17H25NO4/c1-3-15(20)13-6-7-16(17(10-13)21-2)22-12-14(19)11-18-8-4-5-9-18/h6-7,10,14,19H,3-5,8-9,11-12H2,1-2H3/p+1/t14-/m0/s1. The third kappa shape index (κ3) is 4.45. The smallest absolute Gasteiger partial charge is 0.162 e. The first-order valence-corrected chi connectivity index (χ1v) is 7.99. The zero-order chi connectivity index (χ0) is 15.9. The highest BCUT2D eigenvalue weighted by Crippen LogP contribution is 2.28. The van der Waals surface area contributed by atoms with Crippen molar-refractivity contribution >= 4 is 5.78 Å². The van der Waals surface area contributed by atoms with E-state index in [1.807, 2.05) is 6.92 Å². The van der Waals surface area contributed by atoms with Crippen LogP contribution in [-0.4, -0.2) is 50.3 Å². The molecule has 0 amide bonds. The Bertz CT molecular complexity index is 497. The fraction of sp³-hybridized carbons (Fsp3) is 0.588. The number of hydrogen-bond acceptors (Lipinski definition) is 4. The molecular formula is C17H26NO4+. The summed E-state index contributed by atoms with van der Waals surface area (Å²) in [5.41, 5.74) is 0.619. The van der Waals surface area contributed by atoms with E-state index in [2.05, 4.69) is 0 Å². The minimum atomic E-state index is -0.491. The summed E-state index contributed by atoms with van der Waals surface area (Å²) >= 11 is 0. The number of Topliss-reactive ketones (excluding diaryl/α,β-unsaturated/α-hetero) is 1. The number of aliphatic hydroxyl groups excluding tert-OH is 1. The maximum atomic E-state index is 11.7. The summed E-state index contributed by atoms with van der Waals surface area (Å²) in [7, 11) is 1.55. The molecule has 1 fully saturated rings. The van der Waals surface area contributed by atoms with Crippen LogP contribution in [0.25, 0.3) is 0 Å². The van der Waals surface area contributed by atoms with E-state index in [0.717, 1.165) is 13.1 Å². The Morgan fingerprint density at radius 3 is 2.68 bits per heavy atom. The lowest BCUT2D eigenvalue weighted by Gasteiger charge is -2.18. The number of ether oxygens (including phenoxy) is 2. The summed E-state index contributed by atoms with van der Waals surface area (Å²) in [5.74, 6) is 1.16. The van der Waals surface area contributed by atoms with Gasteiger partial charge in [0.25, 0.3) is 0 Å². The number of nitrogens with one attached hydrogen (secondary N) is 1. The minimum absolute atomic E-state index is 0.0718. The van der Waals surface area contributed by atoms with E-state index < -0.39 is 6.10 Å². The number of rotatable bonds is 8. The van der Waals surface area contributed by atoms with Crippen LogP contribution in [0.3, 0.4) is 0 Å². The predicted octanol–water partition coefficient (Wildman–Crippen LogP) is 0.706. The van der Waals surface area contributed by atoms with Gasteiger partial charge in [-0.1, -0.05) is 6.92 Å². The van der Waals surface area contributed by atoms with Gasteiger partial charge in [-0.2, -0.15) is 0 Å². The number of benzene rings is 1. The average molecular weight is 308 g/mol. The molecule has 0 saturated carbocycles. The zero-order valence-corrected chi connectivity index (χ0v) is 13.4. The van der Waals surface area contributed by atoms with Crippen LogP contribution in [0.2, 0.25) is 0 Å². The van der Waals surface area contributed by atoms with Crippen molar-refractivity contribution in [2.24, 2.45) is 0 Å². The van der Waals surface area contributed by atoms with Gasteiger partial charge < -0.3 is 19.5 Å². The van der Waals surface area contributed by atoms with E-state index in [-0.39, 0.29) is 12.4 Å². The molecule has 1 saturated heterocycles. The van der Waals surface area contributed by atoms with E-state index in [1.165, 1.54) is 17.7 Å².